The third-order valence-corrected chi connectivity index (χ3v) is 3.51. The predicted molar refractivity (Wildman–Crippen MR) is 73.2 cm³/mol. The number of halogens is 2. The van der Waals surface area contributed by atoms with Crippen LogP contribution in [0.5, 0.6) is 0 Å². The van der Waals surface area contributed by atoms with Gasteiger partial charge >= 0.3 is 0 Å². The van der Waals surface area contributed by atoms with Crippen molar-refractivity contribution >= 4 is 28.8 Å². The highest BCUT2D eigenvalue weighted by Gasteiger charge is 2.10. The molecule has 2 aromatic heterocycles. The van der Waals surface area contributed by atoms with Gasteiger partial charge in [0.05, 0.1) is 6.20 Å². The molecule has 0 fully saturated rings. The Morgan fingerprint density at radius 2 is 1.94 bits per heavy atom. The van der Waals surface area contributed by atoms with Gasteiger partial charge in [-0.1, -0.05) is 35.3 Å². The SMILES string of the molecule is Clc1ccc(C[n+]2ccn3ccccc32)c(Cl)c1. The van der Waals surface area contributed by atoms with Crippen LogP contribution >= 0.6 is 23.2 Å². The van der Waals surface area contributed by atoms with Gasteiger partial charge in [0.15, 0.2) is 0 Å². The average molecular weight is 278 g/mol. The number of fused-ring (bicyclic) bond motifs is 1. The van der Waals surface area contributed by atoms with E-state index < -0.39 is 0 Å². The van der Waals surface area contributed by atoms with Crippen molar-refractivity contribution in [2.24, 2.45) is 0 Å². The Morgan fingerprint density at radius 3 is 2.78 bits per heavy atom. The Labute approximate surface area is 115 Å². The summed E-state index contributed by atoms with van der Waals surface area (Å²) in [5.74, 6) is 0. The van der Waals surface area contributed by atoms with Gasteiger partial charge < -0.3 is 0 Å². The highest BCUT2D eigenvalue weighted by molar-refractivity contribution is 6.35. The first-order valence-corrected chi connectivity index (χ1v) is 6.39. The van der Waals surface area contributed by atoms with Crippen LogP contribution in [0.2, 0.25) is 10.0 Å². The van der Waals surface area contributed by atoms with Gasteiger partial charge in [-0.15, -0.1) is 0 Å². The van der Waals surface area contributed by atoms with Crippen molar-refractivity contribution in [1.29, 1.82) is 0 Å². The Hall–Kier alpha value is -1.51. The first-order valence-electron chi connectivity index (χ1n) is 5.63. The maximum atomic E-state index is 6.19. The molecule has 0 bridgehead atoms. The van der Waals surface area contributed by atoms with E-state index in [1.807, 2.05) is 42.9 Å². The number of hydrogen-bond acceptors (Lipinski definition) is 0. The number of hydrogen-bond donors (Lipinski definition) is 0. The lowest BCUT2D eigenvalue weighted by Crippen LogP contribution is -2.32. The van der Waals surface area contributed by atoms with Gasteiger partial charge in [0, 0.05) is 21.7 Å². The molecule has 2 heterocycles. The lowest BCUT2D eigenvalue weighted by molar-refractivity contribution is -0.661. The topological polar surface area (TPSA) is 8.29 Å². The van der Waals surface area contributed by atoms with Crippen LogP contribution in [-0.4, -0.2) is 4.40 Å². The van der Waals surface area contributed by atoms with E-state index in [4.69, 9.17) is 23.2 Å². The number of rotatable bonds is 2. The van der Waals surface area contributed by atoms with Crippen LogP contribution in [0.25, 0.3) is 5.65 Å². The van der Waals surface area contributed by atoms with E-state index in [2.05, 4.69) is 15.0 Å². The summed E-state index contributed by atoms with van der Waals surface area (Å²) in [6.07, 6.45) is 6.09. The van der Waals surface area contributed by atoms with Gasteiger partial charge in [0.1, 0.15) is 18.9 Å². The van der Waals surface area contributed by atoms with Crippen LogP contribution in [0.4, 0.5) is 0 Å². The van der Waals surface area contributed by atoms with Crippen molar-refractivity contribution < 1.29 is 4.57 Å². The smallest absolute Gasteiger partial charge is 0.226 e. The van der Waals surface area contributed by atoms with E-state index in [9.17, 15) is 0 Å². The third kappa shape index (κ3) is 2.09. The molecule has 0 N–H and O–H groups in total. The van der Waals surface area contributed by atoms with Crippen LogP contribution in [0, 0.1) is 0 Å². The molecule has 90 valence electrons. The second-order valence-corrected chi connectivity index (χ2v) is 4.97. The first-order chi connectivity index (χ1) is 8.74. The maximum absolute atomic E-state index is 6.19. The van der Waals surface area contributed by atoms with Gasteiger partial charge in [0.25, 0.3) is 5.65 Å². The molecule has 2 nitrogen and oxygen atoms in total. The Morgan fingerprint density at radius 1 is 1.06 bits per heavy atom. The quantitative estimate of drug-likeness (QED) is 0.633. The molecule has 0 radical (unpaired) electrons. The fourth-order valence-electron chi connectivity index (χ4n) is 2.01. The second kappa shape index (κ2) is 4.63. The Bertz CT molecular complexity index is 704. The third-order valence-electron chi connectivity index (χ3n) is 2.92. The normalized spacial score (nSPS) is 11.0. The number of nitrogens with zero attached hydrogens (tertiary/aromatic N) is 2. The molecule has 0 aliphatic rings. The lowest BCUT2D eigenvalue weighted by atomic mass is 10.2. The first kappa shape index (κ1) is 11.6. The minimum atomic E-state index is 0.662. The molecule has 0 saturated heterocycles. The van der Waals surface area contributed by atoms with Gasteiger partial charge in [-0.3, -0.25) is 0 Å². The molecular weight excluding hydrogens is 267 g/mol. The summed E-state index contributed by atoms with van der Waals surface area (Å²) in [7, 11) is 0. The fraction of sp³-hybridized carbons (Fsp3) is 0.0714. The van der Waals surface area contributed by atoms with Crippen molar-refractivity contribution in [3.8, 4) is 0 Å². The second-order valence-electron chi connectivity index (χ2n) is 4.13. The van der Waals surface area contributed by atoms with E-state index in [1.165, 1.54) is 0 Å². The van der Waals surface area contributed by atoms with Crippen LogP contribution in [0.15, 0.2) is 55.0 Å². The summed E-state index contributed by atoms with van der Waals surface area (Å²) in [5.41, 5.74) is 2.19. The maximum Gasteiger partial charge on any atom is 0.286 e. The summed E-state index contributed by atoms with van der Waals surface area (Å²) >= 11 is 12.1. The van der Waals surface area contributed by atoms with Gasteiger partial charge in [-0.05, 0) is 18.2 Å². The molecule has 0 unspecified atom stereocenters. The Kier molecular flexibility index (Phi) is 2.98. The summed E-state index contributed by atoms with van der Waals surface area (Å²) in [5, 5.41) is 1.36. The van der Waals surface area contributed by atoms with E-state index in [0.717, 1.165) is 17.8 Å². The van der Waals surface area contributed by atoms with Crippen LogP contribution in [0.3, 0.4) is 0 Å². The summed E-state index contributed by atoms with van der Waals surface area (Å²) in [6, 6.07) is 11.7. The molecule has 0 saturated carbocycles. The molecule has 18 heavy (non-hydrogen) atoms. The zero-order chi connectivity index (χ0) is 12.5. The van der Waals surface area contributed by atoms with Gasteiger partial charge in [0.2, 0.25) is 0 Å². The largest absolute Gasteiger partial charge is 0.286 e. The Balaban J connectivity index is 2.01. The van der Waals surface area contributed by atoms with Gasteiger partial charge in [-0.2, -0.15) is 0 Å². The number of pyridine rings is 1. The molecule has 0 aliphatic carbocycles. The molecule has 0 spiro atoms. The highest BCUT2D eigenvalue weighted by Crippen LogP contribution is 2.20. The van der Waals surface area contributed by atoms with Crippen LogP contribution in [-0.2, 0) is 6.54 Å². The summed E-state index contributed by atoms with van der Waals surface area (Å²) in [6.45, 7) is 0.733. The summed E-state index contributed by atoms with van der Waals surface area (Å²) in [4.78, 5) is 0. The van der Waals surface area contributed by atoms with Crippen molar-refractivity contribution in [3.05, 3.63) is 70.6 Å². The molecule has 0 aliphatic heterocycles. The molecule has 4 heteroatoms. The zero-order valence-electron chi connectivity index (χ0n) is 9.55. The van der Waals surface area contributed by atoms with Crippen LogP contribution < -0.4 is 4.57 Å². The van der Waals surface area contributed by atoms with E-state index in [1.54, 1.807) is 6.07 Å². The van der Waals surface area contributed by atoms with Crippen LogP contribution in [0.1, 0.15) is 5.56 Å². The molecular formula is C14H11Cl2N2+. The predicted octanol–water partition coefficient (Wildman–Crippen LogP) is 3.58. The lowest BCUT2D eigenvalue weighted by Gasteiger charge is -2.02. The van der Waals surface area contributed by atoms with Gasteiger partial charge in [-0.25, -0.2) is 8.97 Å². The van der Waals surface area contributed by atoms with E-state index >= 15 is 0 Å². The van der Waals surface area contributed by atoms with E-state index in [-0.39, 0.29) is 0 Å². The molecule has 0 amide bonds. The van der Waals surface area contributed by atoms with Crippen molar-refractivity contribution in [1.82, 2.24) is 4.40 Å². The summed E-state index contributed by atoms with van der Waals surface area (Å²) < 4.78 is 4.22. The van der Waals surface area contributed by atoms with Crippen molar-refractivity contribution in [2.75, 3.05) is 0 Å². The van der Waals surface area contributed by atoms with Crippen molar-refractivity contribution in [2.45, 2.75) is 6.54 Å². The minimum Gasteiger partial charge on any atom is -0.226 e. The minimum absolute atomic E-state index is 0.662. The average Bonchev–Trinajstić information content (AvgIpc) is 2.76. The number of benzene rings is 1. The molecule has 3 rings (SSSR count). The molecule has 1 aromatic carbocycles. The number of imidazole rings is 1. The molecule has 3 aromatic rings. The van der Waals surface area contributed by atoms with E-state index in [0.29, 0.717) is 10.0 Å². The number of aromatic nitrogens is 2. The fourth-order valence-corrected chi connectivity index (χ4v) is 2.48. The monoisotopic (exact) mass is 277 g/mol. The highest BCUT2D eigenvalue weighted by atomic mass is 35.5. The van der Waals surface area contributed by atoms with Crippen molar-refractivity contribution in [3.63, 3.8) is 0 Å². The zero-order valence-corrected chi connectivity index (χ0v) is 11.1. The molecule has 0 atom stereocenters. The standard InChI is InChI=1S/C14H11Cl2N2/c15-12-5-4-11(13(16)9-12)10-18-8-7-17-6-2-1-3-14(17)18/h1-9H,10H2/q+1.